The molecule has 0 saturated heterocycles. The summed E-state index contributed by atoms with van der Waals surface area (Å²) in [6.07, 6.45) is 3.85. The topological polar surface area (TPSA) is 0 Å². The van der Waals surface area contributed by atoms with Crippen LogP contribution in [-0.2, 0) is 0 Å². The fraction of sp³-hybridized carbons (Fsp3) is 0.250. The summed E-state index contributed by atoms with van der Waals surface area (Å²) >= 11 is 13.1. The molecule has 0 fully saturated rings. The second kappa shape index (κ2) is 4.15. The van der Waals surface area contributed by atoms with Crippen molar-refractivity contribution in [2.24, 2.45) is 0 Å². The number of allylic oxidation sites excluding steroid dienone is 1. The predicted molar refractivity (Wildman–Crippen MR) is 53.7 cm³/mol. The molecule has 0 nitrogen and oxygen atoms in total. The molecule has 1 heterocycles. The van der Waals surface area contributed by atoms with E-state index in [4.69, 9.17) is 23.2 Å². The lowest BCUT2D eigenvalue weighted by molar-refractivity contribution is 1.24. The molecule has 0 N–H and O–H groups in total. The minimum Gasteiger partial charge on any atom is -0.131 e. The van der Waals surface area contributed by atoms with Gasteiger partial charge in [0, 0.05) is 10.9 Å². The predicted octanol–water partition coefficient (Wildman–Crippen LogP) is 4.04. The van der Waals surface area contributed by atoms with E-state index in [1.165, 1.54) is 11.3 Å². The van der Waals surface area contributed by atoms with E-state index >= 15 is 0 Å². The minimum absolute atomic E-state index is 0.0611. The van der Waals surface area contributed by atoms with Gasteiger partial charge >= 0.3 is 0 Å². The number of rotatable bonds is 2. The normalized spacial score (nSPS) is 14.1. The van der Waals surface area contributed by atoms with Crippen LogP contribution in [0.4, 0.5) is 0 Å². The van der Waals surface area contributed by atoms with Crippen LogP contribution in [-0.4, -0.2) is 5.38 Å². The van der Waals surface area contributed by atoms with Crippen molar-refractivity contribution in [2.45, 2.75) is 12.3 Å². The number of hydrogen-bond donors (Lipinski definition) is 0. The van der Waals surface area contributed by atoms with Gasteiger partial charge in [-0.3, -0.25) is 0 Å². The third-order valence-electron chi connectivity index (χ3n) is 1.19. The van der Waals surface area contributed by atoms with Crippen molar-refractivity contribution in [1.29, 1.82) is 0 Å². The van der Waals surface area contributed by atoms with Crippen molar-refractivity contribution in [3.63, 3.8) is 0 Å². The largest absolute Gasteiger partial charge is 0.131 e. The van der Waals surface area contributed by atoms with Gasteiger partial charge < -0.3 is 0 Å². The third kappa shape index (κ3) is 2.86. The zero-order valence-electron chi connectivity index (χ0n) is 6.05. The van der Waals surface area contributed by atoms with Gasteiger partial charge in [-0.25, -0.2) is 0 Å². The fourth-order valence-corrected chi connectivity index (χ4v) is 1.62. The summed E-state index contributed by atoms with van der Waals surface area (Å²) in [4.78, 5) is 0. The molecule has 0 aliphatic carbocycles. The first-order chi connectivity index (χ1) is 5.20. The fourth-order valence-electron chi connectivity index (χ4n) is 0.658. The molecule has 0 spiro atoms. The van der Waals surface area contributed by atoms with Crippen LogP contribution in [0.15, 0.2) is 17.5 Å². The SMILES string of the molecule is CC(Cl)/C=C/c1ccsc1Cl. The Kier molecular flexibility index (Phi) is 3.44. The van der Waals surface area contributed by atoms with Gasteiger partial charge in [-0.2, -0.15) is 0 Å². The quantitative estimate of drug-likeness (QED) is 0.642. The van der Waals surface area contributed by atoms with Crippen LogP contribution in [0.25, 0.3) is 6.08 Å². The summed E-state index contributed by atoms with van der Waals surface area (Å²) in [7, 11) is 0. The molecule has 11 heavy (non-hydrogen) atoms. The molecule has 0 amide bonds. The number of halogens is 2. The first-order valence-corrected chi connectivity index (χ1v) is 4.95. The van der Waals surface area contributed by atoms with Gasteiger partial charge in [-0.1, -0.05) is 23.8 Å². The second-order valence-corrected chi connectivity index (χ2v) is 4.39. The Morgan fingerprint density at radius 1 is 1.64 bits per heavy atom. The van der Waals surface area contributed by atoms with Crippen molar-refractivity contribution >= 4 is 40.6 Å². The maximum absolute atomic E-state index is 5.85. The molecule has 1 aromatic heterocycles. The smallest absolute Gasteiger partial charge is 0.100 e. The molecule has 0 aliphatic heterocycles. The van der Waals surface area contributed by atoms with Gasteiger partial charge in [0.25, 0.3) is 0 Å². The first-order valence-electron chi connectivity index (χ1n) is 3.25. The van der Waals surface area contributed by atoms with Crippen molar-refractivity contribution < 1.29 is 0 Å². The zero-order chi connectivity index (χ0) is 8.27. The van der Waals surface area contributed by atoms with Gasteiger partial charge in [0.1, 0.15) is 4.34 Å². The van der Waals surface area contributed by atoms with Crippen LogP contribution in [0.5, 0.6) is 0 Å². The molecule has 3 heteroatoms. The van der Waals surface area contributed by atoms with Crippen LogP contribution >= 0.6 is 34.5 Å². The van der Waals surface area contributed by atoms with E-state index < -0.39 is 0 Å². The van der Waals surface area contributed by atoms with Crippen LogP contribution in [0.2, 0.25) is 4.34 Å². The summed E-state index contributed by atoms with van der Waals surface area (Å²) in [5, 5.41) is 2.02. The van der Waals surface area contributed by atoms with Crippen LogP contribution in [0.3, 0.4) is 0 Å². The average molecular weight is 207 g/mol. The number of thiophene rings is 1. The Bertz CT molecular complexity index is 250. The lowest BCUT2D eigenvalue weighted by Crippen LogP contribution is -1.79. The van der Waals surface area contributed by atoms with Crippen molar-refractivity contribution in [3.8, 4) is 0 Å². The molecule has 0 bridgehead atoms. The molecule has 0 aromatic carbocycles. The molecular formula is C8H8Cl2S. The van der Waals surface area contributed by atoms with Gasteiger partial charge in [-0.15, -0.1) is 22.9 Å². The van der Waals surface area contributed by atoms with Gasteiger partial charge in [0.05, 0.1) is 0 Å². The summed E-state index contributed by atoms with van der Waals surface area (Å²) in [5.74, 6) is 0. The van der Waals surface area contributed by atoms with E-state index in [-0.39, 0.29) is 5.38 Å². The van der Waals surface area contributed by atoms with E-state index in [2.05, 4.69) is 0 Å². The molecule has 0 aliphatic rings. The lowest BCUT2D eigenvalue weighted by Gasteiger charge is -1.90. The highest BCUT2D eigenvalue weighted by Gasteiger charge is 1.96. The lowest BCUT2D eigenvalue weighted by atomic mass is 10.3. The molecule has 1 unspecified atom stereocenters. The Morgan fingerprint density at radius 3 is 2.82 bits per heavy atom. The second-order valence-electron chi connectivity index (χ2n) is 2.19. The summed E-state index contributed by atoms with van der Waals surface area (Å²) < 4.78 is 0.818. The third-order valence-corrected chi connectivity index (χ3v) is 2.53. The summed E-state index contributed by atoms with van der Waals surface area (Å²) in [6, 6.07) is 1.97. The van der Waals surface area contributed by atoms with Gasteiger partial charge in [-0.05, 0) is 18.4 Å². The molecule has 1 atom stereocenters. The highest BCUT2D eigenvalue weighted by atomic mass is 35.5. The number of alkyl halides is 1. The molecular weight excluding hydrogens is 199 g/mol. The van der Waals surface area contributed by atoms with Gasteiger partial charge in [0.15, 0.2) is 0 Å². The highest BCUT2D eigenvalue weighted by molar-refractivity contribution is 7.14. The monoisotopic (exact) mass is 206 g/mol. The first kappa shape index (κ1) is 9.11. The average Bonchev–Trinajstić information content (AvgIpc) is 2.31. The Balaban J connectivity index is 2.71. The zero-order valence-corrected chi connectivity index (χ0v) is 8.38. The molecule has 1 rings (SSSR count). The Labute approximate surface area is 80.4 Å². The standard InChI is InChI=1S/C8H8Cl2S/c1-6(9)2-3-7-4-5-11-8(7)10/h2-6H,1H3/b3-2+. The summed E-state index contributed by atoms with van der Waals surface area (Å²) in [6.45, 7) is 1.92. The van der Waals surface area contributed by atoms with E-state index in [1.807, 2.05) is 30.5 Å². The number of hydrogen-bond acceptors (Lipinski definition) is 1. The van der Waals surface area contributed by atoms with Crippen molar-refractivity contribution in [1.82, 2.24) is 0 Å². The van der Waals surface area contributed by atoms with Crippen molar-refractivity contribution in [2.75, 3.05) is 0 Å². The van der Waals surface area contributed by atoms with E-state index in [0.29, 0.717) is 0 Å². The Hall–Kier alpha value is 0.0200. The van der Waals surface area contributed by atoms with Crippen molar-refractivity contribution in [3.05, 3.63) is 27.4 Å². The van der Waals surface area contributed by atoms with Gasteiger partial charge in [0.2, 0.25) is 0 Å². The Morgan fingerprint density at radius 2 is 2.36 bits per heavy atom. The molecule has 1 aromatic rings. The maximum atomic E-state index is 5.85. The molecule has 60 valence electrons. The van der Waals surface area contributed by atoms with E-state index in [1.54, 1.807) is 0 Å². The maximum Gasteiger partial charge on any atom is 0.100 e. The van der Waals surface area contributed by atoms with E-state index in [0.717, 1.165) is 9.90 Å². The molecule has 0 saturated carbocycles. The molecule has 0 radical (unpaired) electrons. The highest BCUT2D eigenvalue weighted by Crippen LogP contribution is 2.23. The van der Waals surface area contributed by atoms with Crippen LogP contribution in [0.1, 0.15) is 12.5 Å². The van der Waals surface area contributed by atoms with Crippen LogP contribution in [0, 0.1) is 0 Å². The minimum atomic E-state index is 0.0611. The van der Waals surface area contributed by atoms with E-state index in [9.17, 15) is 0 Å². The summed E-state index contributed by atoms with van der Waals surface area (Å²) in [5.41, 5.74) is 1.05. The van der Waals surface area contributed by atoms with Crippen LogP contribution < -0.4 is 0 Å².